The van der Waals surface area contributed by atoms with Gasteiger partial charge in [-0.05, 0) is 6.92 Å². The lowest BCUT2D eigenvalue weighted by Gasteiger charge is -1.96. The molecule has 0 aromatic heterocycles. The predicted octanol–water partition coefficient (Wildman–Crippen LogP) is 2.11. The van der Waals surface area contributed by atoms with Gasteiger partial charge in [-0.2, -0.15) is 0 Å². The molecule has 0 saturated heterocycles. The second-order valence-electron chi connectivity index (χ2n) is 13.7. The van der Waals surface area contributed by atoms with Crippen LogP contribution in [-0.4, -0.2) is 290 Å². The molecule has 51 nitrogen and oxygen atoms in total. The van der Waals surface area contributed by atoms with Gasteiger partial charge < -0.3 is 132 Å². The van der Waals surface area contributed by atoms with Crippen molar-refractivity contribution in [3.63, 3.8) is 0 Å². The summed E-state index contributed by atoms with van der Waals surface area (Å²) in [5.74, 6) is -20.3. The highest BCUT2D eigenvalue weighted by Gasteiger charge is 1.96. The minimum Gasteiger partial charge on any atom is -0.481 e. The zero-order valence-electron chi connectivity index (χ0n) is 61.4. The molecule has 0 aromatic carbocycles. The van der Waals surface area contributed by atoms with Crippen molar-refractivity contribution < 1.29 is 252 Å². The second-order valence-corrected chi connectivity index (χ2v) is 13.7. The van der Waals surface area contributed by atoms with Crippen LogP contribution >= 0.6 is 0 Å². The number of carbonyl (C=O) groups is 25. The van der Waals surface area contributed by atoms with Crippen LogP contribution in [0.5, 0.6) is 0 Å². The highest BCUT2D eigenvalue weighted by Crippen LogP contribution is 1.82. The van der Waals surface area contributed by atoms with Gasteiger partial charge in [0, 0.05) is 166 Å². The predicted molar refractivity (Wildman–Crippen MR) is 348 cm³/mol. The monoisotopic (exact) mass is 1560 g/mol. The molecule has 624 valence electrons. The van der Waals surface area contributed by atoms with Crippen molar-refractivity contribution in [2.75, 3.05) is 13.2 Å². The number of aliphatic hydroxyl groups excluding tert-OH is 1. The summed E-state index contributed by atoms with van der Waals surface area (Å²) in [7, 11) is 0. The number of aliphatic hydroxyl groups is 1. The number of hydrogen-bond acceptors (Lipinski definition) is 27. The molecule has 0 aromatic rings. The summed E-state index contributed by atoms with van der Waals surface area (Å²) in [6.45, 7) is 28.0. The smallest absolute Gasteiger partial charge is 0.308 e. The molecule has 0 aliphatic rings. The summed E-state index contributed by atoms with van der Waals surface area (Å²) >= 11 is 0. The molecule has 0 aliphatic heterocycles. The molecule has 0 saturated carbocycles. The summed E-state index contributed by atoms with van der Waals surface area (Å²) in [5.41, 5.74) is 0. The quantitative estimate of drug-likeness (QED) is 0.180. The van der Waals surface area contributed by atoms with E-state index in [1.807, 2.05) is 0 Å². The van der Waals surface area contributed by atoms with Gasteiger partial charge in [-0.1, -0.05) is 0 Å². The molecule has 0 fully saturated rings. The molecule has 0 atom stereocenters. The molecule has 0 radical (unpaired) electrons. The van der Waals surface area contributed by atoms with E-state index in [1.54, 1.807) is 6.92 Å². The van der Waals surface area contributed by atoms with Crippen LogP contribution < -0.4 is 0 Å². The Labute approximate surface area is 593 Å². The number of aliphatic carboxylic acids is 24. The Morgan fingerprint density at radius 1 is 0.163 bits per heavy atom. The van der Waals surface area contributed by atoms with Crippen molar-refractivity contribution in [2.45, 2.75) is 180 Å². The van der Waals surface area contributed by atoms with Gasteiger partial charge in [0.25, 0.3) is 143 Å². The van der Waals surface area contributed by atoms with Gasteiger partial charge in [0.2, 0.25) is 0 Å². The van der Waals surface area contributed by atoms with E-state index in [4.69, 9.17) is 243 Å². The van der Waals surface area contributed by atoms with Crippen LogP contribution in [0.15, 0.2) is 0 Å². The summed E-state index contributed by atoms with van der Waals surface area (Å²) in [5, 5.41) is 186. The van der Waals surface area contributed by atoms with Crippen LogP contribution in [0.3, 0.4) is 0 Å². The van der Waals surface area contributed by atoms with Crippen LogP contribution in [0.2, 0.25) is 0 Å². The van der Waals surface area contributed by atoms with Gasteiger partial charge >= 0.3 is 5.97 Å². The molecule has 0 amide bonds. The normalized spacial score (nSPS) is 6.44. The summed E-state index contributed by atoms with van der Waals surface area (Å²) in [6.07, 6.45) is 0.105. The third-order valence-electron chi connectivity index (χ3n) is 0.621. The Kier molecular flexibility index (Phi) is 266. The lowest BCUT2D eigenvalue weighted by atomic mass is 10.5. The van der Waals surface area contributed by atoms with E-state index in [9.17, 15) is 4.79 Å². The Bertz CT molecular complexity index is 1480. The van der Waals surface area contributed by atoms with Gasteiger partial charge in [-0.25, -0.2) is 0 Å². The van der Waals surface area contributed by atoms with Gasteiger partial charge in [0.1, 0.15) is 0 Å². The molecule has 0 rings (SSSR count). The van der Waals surface area contributed by atoms with E-state index in [1.165, 1.54) is 0 Å². The Morgan fingerprint density at radius 2 is 0.212 bits per heavy atom. The number of carboxylic acid groups (broad SMARTS) is 24. The van der Waals surface area contributed by atoms with E-state index in [2.05, 4.69) is 4.74 Å². The highest BCUT2D eigenvalue weighted by molar-refractivity contribution is 5.70. The first-order chi connectivity index (χ1) is 45.4. The van der Waals surface area contributed by atoms with Crippen molar-refractivity contribution in [1.29, 1.82) is 0 Å². The maximum Gasteiger partial charge on any atom is 0.308 e. The number of esters is 1. The third-order valence-corrected chi connectivity index (χ3v) is 0.621. The van der Waals surface area contributed by atoms with E-state index in [0.29, 0.717) is 6.61 Å². The zero-order chi connectivity index (χ0) is 92.3. The second kappa shape index (κ2) is 164. The van der Waals surface area contributed by atoms with E-state index >= 15 is 0 Å². The first kappa shape index (κ1) is 169. The maximum absolute atomic E-state index is 10.3. The van der Waals surface area contributed by atoms with Crippen LogP contribution in [0.1, 0.15) is 180 Å². The molecule has 0 unspecified atom stereocenters. The average Bonchev–Trinajstić information content (AvgIpc) is 1.44. The largest absolute Gasteiger partial charge is 0.481 e. The molecule has 25 N–H and O–H groups in total. The zero-order valence-corrected chi connectivity index (χ0v) is 61.4. The van der Waals surface area contributed by atoms with E-state index < -0.39 is 143 Å². The molecule has 0 heterocycles. The van der Waals surface area contributed by atoms with Crippen molar-refractivity contribution in [1.82, 2.24) is 0 Å². The van der Waals surface area contributed by atoms with Crippen molar-refractivity contribution in [2.24, 2.45) is 0 Å². The van der Waals surface area contributed by atoms with Crippen LogP contribution in [0, 0.1) is 0 Å². The lowest BCUT2D eigenvalue weighted by molar-refractivity contribution is -0.144. The number of rotatable bonds is 3. The number of carbonyl (C=O) groups excluding carboxylic acids is 1. The topological polar surface area (TPSA) is 942 Å². The first-order valence-corrected chi connectivity index (χ1v) is 24.8. The third kappa shape index (κ3) is 12800. The molecular formula is C53H106O51. The molecule has 0 spiro atoms. The van der Waals surface area contributed by atoms with Gasteiger partial charge in [0.15, 0.2) is 0 Å². The Morgan fingerprint density at radius 3 is 0.240 bits per heavy atom. The van der Waals surface area contributed by atoms with Crippen molar-refractivity contribution >= 4 is 149 Å². The summed E-state index contributed by atoms with van der Waals surface area (Å²) in [4.78, 5) is 226. The van der Waals surface area contributed by atoms with Gasteiger partial charge in [-0.15, -0.1) is 0 Å². The first-order valence-electron chi connectivity index (χ1n) is 24.8. The molecule has 104 heavy (non-hydrogen) atoms. The summed E-state index contributed by atoms with van der Waals surface area (Å²) < 4.78 is 4.48. The minimum atomic E-state index is -0.833. The Hall–Kier alpha value is -13.3. The lowest BCUT2D eigenvalue weighted by Crippen LogP contribution is -2.05. The molecular weight excluding hydrogens is 1450 g/mol. The van der Waals surface area contributed by atoms with E-state index in [-0.39, 0.29) is 19.0 Å². The van der Waals surface area contributed by atoms with E-state index in [0.717, 1.165) is 166 Å². The molecule has 0 bridgehead atoms. The minimum absolute atomic E-state index is 0.105. The molecule has 0 aliphatic carbocycles. The van der Waals surface area contributed by atoms with Gasteiger partial charge in [0.05, 0.1) is 19.6 Å². The number of hydrogen-bond donors (Lipinski definition) is 25. The van der Waals surface area contributed by atoms with Gasteiger partial charge in [-0.3, -0.25) is 120 Å². The average molecular weight is 1560 g/mol. The SMILES string of the molecule is CC(=O)O.CC(=O)O.CC(=O)O.CC(=O)O.CC(=O)O.CC(=O)O.CC(=O)O.CC(=O)O.CC(=O)O.CC(=O)O.CC(=O)O.CC(=O)O.CC(=O)O.CC(=O)O.CC(=O)O.CC(=O)O.CC(=O)O.CC(=O)O.CC(=O)O.CC(=O)O.CC(=O)O.CC(=O)O.CC(=O)O.CC(=O)O.CCOC(=O)CCO. The highest BCUT2D eigenvalue weighted by atomic mass is 16.5. The fraction of sp³-hybridized carbons (Fsp3) is 0.528. The maximum atomic E-state index is 10.3. The van der Waals surface area contributed by atoms with Crippen LogP contribution in [0.4, 0.5) is 0 Å². The van der Waals surface area contributed by atoms with Crippen LogP contribution in [-0.2, 0) is 125 Å². The van der Waals surface area contributed by atoms with Crippen molar-refractivity contribution in [3.05, 3.63) is 0 Å². The number of carboxylic acids is 24. The fourth-order valence-electron chi connectivity index (χ4n) is 0.324. The van der Waals surface area contributed by atoms with Crippen molar-refractivity contribution in [3.8, 4) is 0 Å². The Balaban J connectivity index is -0.0000000272. The fourth-order valence-corrected chi connectivity index (χ4v) is 0.324. The van der Waals surface area contributed by atoms with Crippen LogP contribution in [0.25, 0.3) is 0 Å². The number of ether oxygens (including phenoxy) is 1. The standard InChI is InChI=1S/C5H10O3.24C2H4O2/c1-2-8-5(7)3-4-6;24*1-2(3)4/h6H,2-4H2,1H3;24*1H3,(H,3,4). The summed E-state index contributed by atoms with van der Waals surface area (Å²) in [6, 6.07) is 0. The molecule has 51 heteroatoms.